The summed E-state index contributed by atoms with van der Waals surface area (Å²) in [5, 5.41) is 9.31. The van der Waals surface area contributed by atoms with Crippen LogP contribution in [0.1, 0.15) is 32.6 Å². The lowest BCUT2D eigenvalue weighted by Crippen LogP contribution is -2.55. The molecule has 0 aromatic rings. The molecule has 0 amide bonds. The number of aliphatic carboxylic acids is 1. The van der Waals surface area contributed by atoms with E-state index in [1.54, 1.807) is 0 Å². The van der Waals surface area contributed by atoms with Gasteiger partial charge in [-0.15, -0.1) is 0 Å². The normalized spacial score (nSPS) is 38.3. The molecule has 0 aromatic heterocycles. The molecule has 3 fully saturated rings. The number of likely N-dealkylation sites (tertiary alicyclic amines) is 1. The molecular formula is C14H23NO4. The van der Waals surface area contributed by atoms with Crippen LogP contribution in [0.4, 0.5) is 0 Å². The number of carboxylic acid groups (broad SMARTS) is 1. The standard InChI is InChI=1S/C14H23NO4/c1-2-15-9-11(13(16)17)7-10-8-14(4-3-12(10)15)18-5-6-19-14/h10-12H,2-9H2,1H3,(H,16,17)/t10-,11-,12-/m1/s1. The van der Waals surface area contributed by atoms with Crippen LogP contribution in [-0.2, 0) is 14.3 Å². The number of carbonyl (C=O) groups is 1. The summed E-state index contributed by atoms with van der Waals surface area (Å²) in [6, 6.07) is 0.513. The Kier molecular flexibility index (Phi) is 3.53. The molecule has 0 radical (unpaired) electrons. The molecular weight excluding hydrogens is 246 g/mol. The fourth-order valence-electron chi connectivity index (χ4n) is 4.12. The van der Waals surface area contributed by atoms with Gasteiger partial charge in [-0.25, -0.2) is 0 Å². The van der Waals surface area contributed by atoms with Crippen LogP contribution in [0, 0.1) is 11.8 Å². The Hall–Kier alpha value is -0.650. The second kappa shape index (κ2) is 5.04. The molecule has 3 atom stereocenters. The number of fused-ring (bicyclic) bond motifs is 1. The third-order valence-corrected chi connectivity index (χ3v) is 5.02. The summed E-state index contributed by atoms with van der Waals surface area (Å²) >= 11 is 0. The summed E-state index contributed by atoms with van der Waals surface area (Å²) < 4.78 is 11.6. The van der Waals surface area contributed by atoms with Crippen LogP contribution in [0.3, 0.4) is 0 Å². The van der Waals surface area contributed by atoms with E-state index in [-0.39, 0.29) is 5.92 Å². The largest absolute Gasteiger partial charge is 0.481 e. The first-order valence-electron chi connectivity index (χ1n) is 7.38. The summed E-state index contributed by atoms with van der Waals surface area (Å²) in [4.78, 5) is 13.7. The highest BCUT2D eigenvalue weighted by Gasteiger charge is 2.49. The molecule has 1 aliphatic carbocycles. The highest BCUT2D eigenvalue weighted by atomic mass is 16.7. The van der Waals surface area contributed by atoms with Gasteiger partial charge in [0.15, 0.2) is 5.79 Å². The van der Waals surface area contributed by atoms with Crippen LogP contribution in [0.25, 0.3) is 0 Å². The van der Waals surface area contributed by atoms with E-state index in [1.165, 1.54) is 0 Å². The fraction of sp³-hybridized carbons (Fsp3) is 0.929. The zero-order valence-corrected chi connectivity index (χ0v) is 11.5. The molecule has 0 bridgehead atoms. The van der Waals surface area contributed by atoms with Gasteiger partial charge in [0.25, 0.3) is 0 Å². The molecule has 108 valence electrons. The van der Waals surface area contributed by atoms with Crippen LogP contribution < -0.4 is 0 Å². The monoisotopic (exact) mass is 269 g/mol. The van der Waals surface area contributed by atoms with Gasteiger partial charge in [-0.05, 0) is 25.3 Å². The third-order valence-electron chi connectivity index (χ3n) is 5.02. The van der Waals surface area contributed by atoms with Crippen LogP contribution in [0.2, 0.25) is 0 Å². The first-order chi connectivity index (χ1) is 9.13. The number of nitrogens with zero attached hydrogens (tertiary/aromatic N) is 1. The first kappa shape index (κ1) is 13.3. The van der Waals surface area contributed by atoms with Gasteiger partial charge in [0.1, 0.15) is 0 Å². The average Bonchev–Trinajstić information content (AvgIpc) is 2.85. The molecule has 2 aliphatic heterocycles. The Morgan fingerprint density at radius 1 is 1.42 bits per heavy atom. The zero-order valence-electron chi connectivity index (χ0n) is 11.5. The van der Waals surface area contributed by atoms with Gasteiger partial charge in [0.2, 0.25) is 0 Å². The summed E-state index contributed by atoms with van der Waals surface area (Å²) in [5.74, 6) is -0.912. The fourth-order valence-corrected chi connectivity index (χ4v) is 4.12. The Morgan fingerprint density at radius 3 is 2.79 bits per heavy atom. The molecule has 1 N–H and O–H groups in total. The van der Waals surface area contributed by atoms with Gasteiger partial charge < -0.3 is 14.6 Å². The van der Waals surface area contributed by atoms with E-state index in [4.69, 9.17) is 9.47 Å². The van der Waals surface area contributed by atoms with Crippen LogP contribution >= 0.6 is 0 Å². The summed E-state index contributed by atoms with van der Waals surface area (Å²) in [6.45, 7) is 5.10. The number of rotatable bonds is 2. The van der Waals surface area contributed by atoms with Gasteiger partial charge in [-0.1, -0.05) is 6.92 Å². The van der Waals surface area contributed by atoms with Crippen molar-refractivity contribution in [3.63, 3.8) is 0 Å². The van der Waals surface area contributed by atoms with Gasteiger partial charge in [0, 0.05) is 25.4 Å². The minimum absolute atomic E-state index is 0.238. The van der Waals surface area contributed by atoms with E-state index < -0.39 is 11.8 Å². The molecule has 2 saturated heterocycles. The number of hydrogen-bond acceptors (Lipinski definition) is 4. The van der Waals surface area contributed by atoms with Crippen LogP contribution in [0.15, 0.2) is 0 Å². The van der Waals surface area contributed by atoms with E-state index in [1.807, 2.05) is 0 Å². The highest BCUT2D eigenvalue weighted by Crippen LogP contribution is 2.45. The maximum atomic E-state index is 11.3. The second-order valence-electron chi connectivity index (χ2n) is 6.04. The number of carboxylic acids is 1. The lowest BCUT2D eigenvalue weighted by molar-refractivity contribution is -0.204. The van der Waals surface area contributed by atoms with Crippen molar-refractivity contribution in [1.29, 1.82) is 0 Å². The van der Waals surface area contributed by atoms with E-state index in [0.29, 0.717) is 31.7 Å². The maximum Gasteiger partial charge on any atom is 0.307 e. The van der Waals surface area contributed by atoms with Crippen molar-refractivity contribution in [3.05, 3.63) is 0 Å². The van der Waals surface area contributed by atoms with Gasteiger partial charge in [0.05, 0.1) is 19.1 Å². The van der Waals surface area contributed by atoms with E-state index in [0.717, 1.165) is 32.2 Å². The molecule has 5 heteroatoms. The van der Waals surface area contributed by atoms with Crippen LogP contribution in [0.5, 0.6) is 0 Å². The first-order valence-corrected chi connectivity index (χ1v) is 7.38. The predicted octanol–water partition coefficient (Wildman–Crippen LogP) is 1.32. The maximum absolute atomic E-state index is 11.3. The second-order valence-corrected chi connectivity index (χ2v) is 6.04. The summed E-state index contributed by atoms with van der Waals surface area (Å²) in [5.41, 5.74) is 0. The minimum Gasteiger partial charge on any atom is -0.481 e. The van der Waals surface area contributed by atoms with Crippen LogP contribution in [-0.4, -0.2) is 54.1 Å². The quantitative estimate of drug-likeness (QED) is 0.819. The Morgan fingerprint density at radius 2 is 2.16 bits per heavy atom. The highest BCUT2D eigenvalue weighted by molar-refractivity contribution is 5.70. The Balaban J connectivity index is 1.75. The van der Waals surface area contributed by atoms with Crippen molar-refractivity contribution >= 4 is 5.97 Å². The summed E-state index contributed by atoms with van der Waals surface area (Å²) in [6.07, 6.45) is 3.64. The number of hydrogen-bond donors (Lipinski definition) is 1. The van der Waals surface area contributed by atoms with Gasteiger partial charge in [-0.2, -0.15) is 0 Å². The van der Waals surface area contributed by atoms with Crippen molar-refractivity contribution in [3.8, 4) is 0 Å². The zero-order chi connectivity index (χ0) is 13.5. The molecule has 5 nitrogen and oxygen atoms in total. The van der Waals surface area contributed by atoms with Crippen molar-refractivity contribution in [2.75, 3.05) is 26.3 Å². The molecule has 3 rings (SSSR count). The minimum atomic E-state index is -0.662. The molecule has 1 spiro atoms. The Bertz CT molecular complexity index is 353. The van der Waals surface area contributed by atoms with Crippen molar-refractivity contribution < 1.29 is 19.4 Å². The number of ether oxygens (including phenoxy) is 2. The topological polar surface area (TPSA) is 59.0 Å². The molecule has 3 aliphatic rings. The van der Waals surface area contributed by atoms with Crippen molar-refractivity contribution in [2.45, 2.75) is 44.4 Å². The molecule has 1 saturated carbocycles. The van der Waals surface area contributed by atoms with Crippen molar-refractivity contribution in [1.82, 2.24) is 4.90 Å². The lowest BCUT2D eigenvalue weighted by Gasteiger charge is -2.49. The smallest absolute Gasteiger partial charge is 0.307 e. The Labute approximate surface area is 113 Å². The average molecular weight is 269 g/mol. The molecule has 0 unspecified atom stereocenters. The molecule has 2 heterocycles. The van der Waals surface area contributed by atoms with E-state index in [9.17, 15) is 9.90 Å². The third kappa shape index (κ3) is 2.39. The predicted molar refractivity (Wildman–Crippen MR) is 68.8 cm³/mol. The van der Waals surface area contributed by atoms with E-state index in [2.05, 4.69) is 11.8 Å². The summed E-state index contributed by atoms with van der Waals surface area (Å²) in [7, 11) is 0. The lowest BCUT2D eigenvalue weighted by atomic mass is 9.72. The van der Waals surface area contributed by atoms with Gasteiger partial charge in [-0.3, -0.25) is 9.69 Å². The molecule has 19 heavy (non-hydrogen) atoms. The molecule has 0 aromatic carbocycles. The SMILES string of the molecule is CCN1C[C@H](C(=O)O)C[C@@H]2CC3(CC[C@H]21)OCCO3. The number of piperidine rings is 1. The van der Waals surface area contributed by atoms with E-state index >= 15 is 0 Å². The van der Waals surface area contributed by atoms with Gasteiger partial charge >= 0.3 is 5.97 Å². The van der Waals surface area contributed by atoms with Crippen molar-refractivity contribution in [2.24, 2.45) is 11.8 Å².